The lowest BCUT2D eigenvalue weighted by molar-refractivity contribution is -0.149. The number of hydrogen-bond donors (Lipinski definition) is 2. The lowest BCUT2D eigenvalue weighted by Crippen LogP contribution is -2.38. The highest BCUT2D eigenvalue weighted by Gasteiger charge is 2.18. The van der Waals surface area contributed by atoms with Crippen LogP contribution < -0.4 is 10.1 Å². The largest absolute Gasteiger partial charge is 0.492 e. The summed E-state index contributed by atoms with van der Waals surface area (Å²) in [5, 5.41) is 12.7. The first-order valence-electron chi connectivity index (χ1n) is 12.8. The number of rotatable bonds is 17. The molecule has 2 rings (SSSR count). The van der Waals surface area contributed by atoms with Gasteiger partial charge in [0.2, 0.25) is 0 Å². The van der Waals surface area contributed by atoms with Gasteiger partial charge in [0.1, 0.15) is 12.4 Å². The third kappa shape index (κ3) is 10.9. The molecule has 0 aliphatic heterocycles. The van der Waals surface area contributed by atoms with Crippen molar-refractivity contribution >= 4 is 29.3 Å². The highest BCUT2D eigenvalue weighted by atomic mass is 35.5. The quantitative estimate of drug-likeness (QED) is 0.229. The second kappa shape index (κ2) is 16.8. The third-order valence-electron chi connectivity index (χ3n) is 5.80. The Morgan fingerprint density at radius 2 is 1.67 bits per heavy atom. The van der Waals surface area contributed by atoms with E-state index in [4.69, 9.17) is 21.1 Å². The molecule has 1 atom stereocenters. The van der Waals surface area contributed by atoms with Crippen LogP contribution in [0, 0.1) is 0 Å². The molecule has 0 heterocycles. The van der Waals surface area contributed by atoms with Crippen LogP contribution in [-0.2, 0) is 16.0 Å². The number of nitrogens with zero attached hydrogens (tertiary/aromatic N) is 1. The average Bonchev–Trinajstić information content (AvgIpc) is 2.87. The number of amides is 2. The smallest absolute Gasteiger partial charge is 0.333 e. The Morgan fingerprint density at radius 3 is 2.33 bits per heavy atom. The standard InChI is InChI=1S/C28H39ClN2O5/c1-3-5-6-7-8-11-18-31(28(34)30-25-13-10-9-12-24(25)29)19-20-36-23-16-14-22(15-17-23)21-26(27(32)33)35-4-2/h9-10,12-17,26H,3-8,11,18-21H2,1-2H3,(H,30,34)(H,32,33). The molecule has 0 aliphatic rings. The SMILES string of the molecule is CCCCCCCCN(CCOc1ccc(CC(OCC)C(=O)O)cc1)C(=O)Nc1ccccc1Cl. The summed E-state index contributed by atoms with van der Waals surface area (Å²) in [6, 6.07) is 14.3. The maximum absolute atomic E-state index is 13.0. The molecule has 0 aliphatic carbocycles. The predicted molar refractivity (Wildman–Crippen MR) is 144 cm³/mol. The second-order valence-electron chi connectivity index (χ2n) is 8.64. The van der Waals surface area contributed by atoms with E-state index in [0.29, 0.717) is 42.8 Å². The highest BCUT2D eigenvalue weighted by molar-refractivity contribution is 6.33. The van der Waals surface area contributed by atoms with E-state index in [0.717, 1.165) is 18.4 Å². The van der Waals surface area contributed by atoms with Crippen LogP contribution in [0.5, 0.6) is 5.75 Å². The van der Waals surface area contributed by atoms with Crippen molar-refractivity contribution in [3.8, 4) is 5.75 Å². The minimum absolute atomic E-state index is 0.203. The number of carbonyl (C=O) groups is 2. The molecule has 198 valence electrons. The number of aliphatic carboxylic acids is 1. The molecule has 0 fully saturated rings. The van der Waals surface area contributed by atoms with Gasteiger partial charge in [-0.05, 0) is 43.2 Å². The summed E-state index contributed by atoms with van der Waals surface area (Å²) in [7, 11) is 0. The fraction of sp³-hybridized carbons (Fsp3) is 0.500. The van der Waals surface area contributed by atoms with Crippen LogP contribution >= 0.6 is 11.6 Å². The lowest BCUT2D eigenvalue weighted by atomic mass is 10.1. The minimum Gasteiger partial charge on any atom is -0.492 e. The normalized spacial score (nSPS) is 11.6. The molecular weight excluding hydrogens is 480 g/mol. The van der Waals surface area contributed by atoms with E-state index >= 15 is 0 Å². The first-order chi connectivity index (χ1) is 17.4. The van der Waals surface area contributed by atoms with Gasteiger partial charge in [-0.1, -0.05) is 74.9 Å². The number of carbonyl (C=O) groups excluding carboxylic acids is 1. The Hall–Kier alpha value is -2.77. The van der Waals surface area contributed by atoms with E-state index in [2.05, 4.69) is 12.2 Å². The van der Waals surface area contributed by atoms with Crippen molar-refractivity contribution in [2.24, 2.45) is 0 Å². The van der Waals surface area contributed by atoms with E-state index in [1.807, 2.05) is 36.4 Å². The lowest BCUT2D eigenvalue weighted by Gasteiger charge is -2.23. The molecule has 2 aromatic carbocycles. The van der Waals surface area contributed by atoms with Gasteiger partial charge >= 0.3 is 12.0 Å². The van der Waals surface area contributed by atoms with Crippen molar-refractivity contribution in [1.82, 2.24) is 4.90 Å². The summed E-state index contributed by atoms with van der Waals surface area (Å²) in [5.41, 5.74) is 1.44. The Labute approximate surface area is 219 Å². The van der Waals surface area contributed by atoms with Crippen LogP contribution in [0.15, 0.2) is 48.5 Å². The number of benzene rings is 2. The Balaban J connectivity index is 1.90. The number of halogens is 1. The molecule has 0 bridgehead atoms. The third-order valence-corrected chi connectivity index (χ3v) is 6.13. The van der Waals surface area contributed by atoms with Crippen LogP contribution in [0.1, 0.15) is 57.9 Å². The number of carboxylic acid groups (broad SMARTS) is 1. The van der Waals surface area contributed by atoms with E-state index < -0.39 is 12.1 Å². The van der Waals surface area contributed by atoms with Crippen molar-refractivity contribution < 1.29 is 24.2 Å². The van der Waals surface area contributed by atoms with Crippen molar-refractivity contribution in [3.05, 3.63) is 59.1 Å². The number of ether oxygens (including phenoxy) is 2. The Kier molecular flexibility index (Phi) is 13.8. The maximum atomic E-state index is 13.0. The number of urea groups is 1. The first kappa shape index (κ1) is 29.5. The Morgan fingerprint density at radius 1 is 0.972 bits per heavy atom. The molecule has 2 amide bonds. The van der Waals surface area contributed by atoms with Gasteiger partial charge in [0.25, 0.3) is 0 Å². The van der Waals surface area contributed by atoms with Crippen LogP contribution in [0.25, 0.3) is 0 Å². The van der Waals surface area contributed by atoms with E-state index in [-0.39, 0.29) is 12.5 Å². The van der Waals surface area contributed by atoms with E-state index in [1.165, 1.54) is 25.7 Å². The van der Waals surface area contributed by atoms with Gasteiger partial charge in [-0.25, -0.2) is 9.59 Å². The van der Waals surface area contributed by atoms with Crippen molar-refractivity contribution in [3.63, 3.8) is 0 Å². The molecule has 36 heavy (non-hydrogen) atoms. The molecule has 2 N–H and O–H groups in total. The second-order valence-corrected chi connectivity index (χ2v) is 9.05. The minimum atomic E-state index is -0.974. The van der Waals surface area contributed by atoms with Crippen LogP contribution in [-0.4, -0.2) is 54.4 Å². The predicted octanol–water partition coefficient (Wildman–Crippen LogP) is 6.65. The molecule has 2 aromatic rings. The fourth-order valence-electron chi connectivity index (χ4n) is 3.78. The first-order valence-corrected chi connectivity index (χ1v) is 13.2. The Bertz CT molecular complexity index is 922. The van der Waals surface area contributed by atoms with E-state index in [9.17, 15) is 14.7 Å². The number of nitrogens with one attached hydrogen (secondary N) is 1. The summed E-state index contributed by atoms with van der Waals surface area (Å²) in [5.74, 6) is -0.314. The van der Waals surface area contributed by atoms with Gasteiger partial charge in [-0.15, -0.1) is 0 Å². The van der Waals surface area contributed by atoms with Crippen LogP contribution in [0.2, 0.25) is 5.02 Å². The van der Waals surface area contributed by atoms with Gasteiger partial charge in [0.15, 0.2) is 6.10 Å². The topological polar surface area (TPSA) is 88.1 Å². The van der Waals surface area contributed by atoms with Gasteiger partial charge in [-0.3, -0.25) is 0 Å². The zero-order chi connectivity index (χ0) is 26.2. The number of anilines is 1. The van der Waals surface area contributed by atoms with Crippen molar-refractivity contribution in [1.29, 1.82) is 0 Å². The molecule has 1 unspecified atom stereocenters. The average molecular weight is 519 g/mol. The number of para-hydroxylation sites is 1. The number of carboxylic acids is 1. The van der Waals surface area contributed by atoms with E-state index in [1.54, 1.807) is 24.0 Å². The molecular formula is C28H39ClN2O5. The summed E-state index contributed by atoms with van der Waals surface area (Å²) < 4.78 is 11.2. The van der Waals surface area contributed by atoms with Gasteiger partial charge in [-0.2, -0.15) is 0 Å². The zero-order valence-electron chi connectivity index (χ0n) is 21.4. The highest BCUT2D eigenvalue weighted by Crippen LogP contribution is 2.21. The molecule has 0 aromatic heterocycles. The molecule has 0 saturated heterocycles. The summed E-state index contributed by atoms with van der Waals surface area (Å²) >= 11 is 6.21. The maximum Gasteiger partial charge on any atom is 0.333 e. The van der Waals surface area contributed by atoms with Crippen molar-refractivity contribution in [2.45, 2.75) is 64.9 Å². The zero-order valence-corrected chi connectivity index (χ0v) is 22.1. The molecule has 0 saturated carbocycles. The summed E-state index contributed by atoms with van der Waals surface area (Å²) in [6.45, 7) is 5.72. The summed E-state index contributed by atoms with van der Waals surface area (Å²) in [4.78, 5) is 26.0. The van der Waals surface area contributed by atoms with Crippen LogP contribution in [0.3, 0.4) is 0 Å². The van der Waals surface area contributed by atoms with Gasteiger partial charge in [0.05, 0.1) is 17.3 Å². The van der Waals surface area contributed by atoms with Gasteiger partial charge in [0, 0.05) is 19.6 Å². The molecule has 7 nitrogen and oxygen atoms in total. The summed E-state index contributed by atoms with van der Waals surface area (Å²) in [6.07, 6.45) is 6.27. The molecule has 8 heteroatoms. The van der Waals surface area contributed by atoms with Gasteiger partial charge < -0.3 is 24.8 Å². The number of unbranched alkanes of at least 4 members (excludes halogenated alkanes) is 5. The molecule has 0 radical (unpaired) electrons. The van der Waals surface area contributed by atoms with Crippen molar-refractivity contribution in [2.75, 3.05) is 31.6 Å². The van der Waals surface area contributed by atoms with Crippen LogP contribution in [0.4, 0.5) is 10.5 Å². The monoisotopic (exact) mass is 518 g/mol. The molecule has 0 spiro atoms. The fourth-order valence-corrected chi connectivity index (χ4v) is 3.97. The number of hydrogen-bond acceptors (Lipinski definition) is 4.